The number of aliphatic hydroxyl groups excluding tert-OH is 1. The minimum atomic E-state index is -1.33. The third kappa shape index (κ3) is 15.0. The predicted molar refractivity (Wildman–Crippen MR) is 52.4 cm³/mol. The molecule has 0 saturated heterocycles. The summed E-state index contributed by atoms with van der Waals surface area (Å²) in [6.07, 6.45) is 1.42. The van der Waals surface area contributed by atoms with Crippen LogP contribution in [-0.2, 0) is 9.53 Å². The van der Waals surface area contributed by atoms with Crippen LogP contribution in [0.5, 0.6) is 0 Å². The normalized spacial score (nSPS) is 9.60. The second-order valence-electron chi connectivity index (χ2n) is 2.25. The lowest BCUT2D eigenvalue weighted by Crippen LogP contribution is -1.95. The van der Waals surface area contributed by atoms with Crippen molar-refractivity contribution < 1.29 is 29.6 Å². The van der Waals surface area contributed by atoms with Crippen molar-refractivity contribution in [2.24, 2.45) is 0 Å². The fourth-order valence-corrected chi connectivity index (χ4v) is 0.440. The number of aliphatic hydroxyl groups is 1. The zero-order chi connectivity index (χ0) is 12.3. The highest BCUT2D eigenvalue weighted by molar-refractivity contribution is 5.85. The summed E-state index contributed by atoms with van der Waals surface area (Å²) in [6, 6.07) is 0. The third-order valence-corrected chi connectivity index (χ3v) is 1.10. The number of ether oxygens (including phenoxy) is 1. The molecule has 0 saturated carbocycles. The summed E-state index contributed by atoms with van der Waals surface area (Å²) in [5.41, 5.74) is 0.282. The van der Waals surface area contributed by atoms with Crippen molar-refractivity contribution in [1.82, 2.24) is 0 Å². The van der Waals surface area contributed by atoms with Crippen LogP contribution in [0.2, 0.25) is 0 Å². The van der Waals surface area contributed by atoms with Gasteiger partial charge in [-0.15, -0.1) is 0 Å². The molecule has 0 fully saturated rings. The maximum atomic E-state index is 10.1. The number of hydrogen-bond donors (Lipinski definition) is 3. The Balaban J connectivity index is 0. The van der Waals surface area contributed by atoms with Crippen LogP contribution in [0.4, 0.5) is 4.79 Å². The monoisotopic (exact) mass is 218 g/mol. The van der Waals surface area contributed by atoms with E-state index < -0.39 is 12.1 Å². The Morgan fingerprint density at radius 3 is 2.13 bits per heavy atom. The molecular weight excluding hydrogens is 204 g/mol. The van der Waals surface area contributed by atoms with Crippen molar-refractivity contribution in [1.29, 1.82) is 0 Å². The molecule has 86 valence electrons. The molecule has 0 aromatic carbocycles. The molecule has 0 aliphatic heterocycles. The zero-order valence-corrected chi connectivity index (χ0v) is 8.34. The molecule has 0 atom stereocenters. The van der Waals surface area contributed by atoms with Gasteiger partial charge in [0.1, 0.15) is 0 Å². The molecule has 0 aromatic heterocycles. The van der Waals surface area contributed by atoms with E-state index in [1.807, 2.05) is 0 Å². The highest BCUT2D eigenvalue weighted by atomic mass is 16.7. The van der Waals surface area contributed by atoms with Crippen molar-refractivity contribution in [2.45, 2.75) is 13.3 Å². The zero-order valence-electron chi connectivity index (χ0n) is 8.34. The standard InChI is InChI=1S/C6H10O3.C3H4O3/c1-5(6(8)9)3-2-4-7;1-2-6-3(4)5/h3,7H,2,4H2,1H3,(H,8,9);2H,1H2,(H,4,5). The first-order chi connectivity index (χ1) is 6.95. The second-order valence-corrected chi connectivity index (χ2v) is 2.25. The lowest BCUT2D eigenvalue weighted by atomic mass is 10.2. The van der Waals surface area contributed by atoms with Gasteiger partial charge in [0.2, 0.25) is 0 Å². The largest absolute Gasteiger partial charge is 0.510 e. The molecule has 6 nitrogen and oxygen atoms in total. The molecule has 0 aliphatic rings. The number of carboxylic acid groups (broad SMARTS) is 2. The highest BCUT2D eigenvalue weighted by Gasteiger charge is 1.96. The highest BCUT2D eigenvalue weighted by Crippen LogP contribution is 1.93. The smallest absolute Gasteiger partial charge is 0.478 e. The van der Waals surface area contributed by atoms with Crippen molar-refractivity contribution >= 4 is 12.1 Å². The molecule has 0 aliphatic carbocycles. The second kappa shape index (κ2) is 10.3. The number of hydrogen-bond acceptors (Lipinski definition) is 4. The summed E-state index contributed by atoms with van der Waals surface area (Å²) >= 11 is 0. The van der Waals surface area contributed by atoms with Crippen LogP contribution >= 0.6 is 0 Å². The maximum Gasteiger partial charge on any atom is 0.510 e. The molecule has 6 heteroatoms. The predicted octanol–water partition coefficient (Wildman–Crippen LogP) is 1.22. The minimum Gasteiger partial charge on any atom is -0.478 e. The maximum absolute atomic E-state index is 10.1. The van der Waals surface area contributed by atoms with Gasteiger partial charge in [-0.05, 0) is 13.3 Å². The van der Waals surface area contributed by atoms with Crippen LogP contribution in [0, 0.1) is 0 Å². The Kier molecular flexibility index (Phi) is 10.7. The SMILES string of the molecule is C=COC(=O)O.CC(=CCCO)C(=O)O. The lowest BCUT2D eigenvalue weighted by molar-refractivity contribution is -0.132. The van der Waals surface area contributed by atoms with Crippen LogP contribution < -0.4 is 0 Å². The van der Waals surface area contributed by atoms with E-state index in [4.69, 9.17) is 15.3 Å². The fraction of sp³-hybridized carbons (Fsp3) is 0.333. The average Bonchev–Trinajstić information content (AvgIpc) is 2.14. The quantitative estimate of drug-likeness (QED) is 0.372. The molecule has 0 aromatic rings. The van der Waals surface area contributed by atoms with Crippen LogP contribution in [0.1, 0.15) is 13.3 Å². The van der Waals surface area contributed by atoms with E-state index in [0.717, 1.165) is 6.26 Å². The Morgan fingerprint density at radius 1 is 1.40 bits per heavy atom. The average molecular weight is 218 g/mol. The summed E-state index contributed by atoms with van der Waals surface area (Å²) < 4.78 is 3.72. The number of carboxylic acids is 1. The Labute approximate surface area is 87.1 Å². The molecule has 0 rings (SSSR count). The van der Waals surface area contributed by atoms with Gasteiger partial charge in [0, 0.05) is 12.2 Å². The first kappa shape index (κ1) is 15.6. The molecule has 0 amide bonds. The number of carbonyl (C=O) groups is 2. The first-order valence-electron chi connectivity index (χ1n) is 3.97. The van der Waals surface area contributed by atoms with Crippen molar-refractivity contribution in [2.75, 3.05) is 6.61 Å². The minimum absolute atomic E-state index is 0.00458. The van der Waals surface area contributed by atoms with E-state index in [2.05, 4.69) is 11.3 Å². The topological polar surface area (TPSA) is 104 Å². The van der Waals surface area contributed by atoms with Gasteiger partial charge in [-0.3, -0.25) is 0 Å². The van der Waals surface area contributed by atoms with Gasteiger partial charge >= 0.3 is 12.1 Å². The fourth-order valence-electron chi connectivity index (χ4n) is 0.440. The van der Waals surface area contributed by atoms with Crippen LogP contribution in [0.3, 0.4) is 0 Å². The van der Waals surface area contributed by atoms with Crippen LogP contribution in [0.25, 0.3) is 0 Å². The summed E-state index contributed by atoms with van der Waals surface area (Å²) in [4.78, 5) is 19.4. The van der Waals surface area contributed by atoms with E-state index in [-0.39, 0.29) is 12.2 Å². The van der Waals surface area contributed by atoms with Gasteiger partial charge in [0.25, 0.3) is 0 Å². The van der Waals surface area contributed by atoms with Crippen molar-refractivity contribution in [3.63, 3.8) is 0 Å². The van der Waals surface area contributed by atoms with Gasteiger partial charge in [0.05, 0.1) is 6.26 Å². The van der Waals surface area contributed by atoms with Gasteiger partial charge in [-0.1, -0.05) is 12.7 Å². The Morgan fingerprint density at radius 2 is 1.93 bits per heavy atom. The Bertz CT molecular complexity index is 243. The van der Waals surface area contributed by atoms with E-state index in [1.165, 1.54) is 13.0 Å². The van der Waals surface area contributed by atoms with E-state index in [1.54, 1.807) is 0 Å². The Hall–Kier alpha value is -1.82. The summed E-state index contributed by atoms with van der Waals surface area (Å²) in [6.45, 7) is 4.50. The molecule has 0 bridgehead atoms. The molecule has 0 radical (unpaired) electrons. The van der Waals surface area contributed by atoms with E-state index in [9.17, 15) is 9.59 Å². The summed E-state index contributed by atoms with van der Waals surface area (Å²) in [7, 11) is 0. The van der Waals surface area contributed by atoms with Gasteiger partial charge in [0.15, 0.2) is 0 Å². The summed E-state index contributed by atoms with van der Waals surface area (Å²) in [5.74, 6) is -0.927. The molecule has 0 spiro atoms. The first-order valence-corrected chi connectivity index (χ1v) is 3.97. The van der Waals surface area contributed by atoms with E-state index >= 15 is 0 Å². The molecule has 0 unspecified atom stereocenters. The van der Waals surface area contributed by atoms with Gasteiger partial charge in [-0.2, -0.15) is 0 Å². The van der Waals surface area contributed by atoms with Gasteiger partial charge in [-0.25, -0.2) is 9.59 Å². The summed E-state index contributed by atoms with van der Waals surface area (Å²) in [5, 5.41) is 24.1. The number of rotatable bonds is 4. The third-order valence-electron chi connectivity index (χ3n) is 1.10. The van der Waals surface area contributed by atoms with Crippen molar-refractivity contribution in [3.05, 3.63) is 24.5 Å². The molecular formula is C9H14O6. The van der Waals surface area contributed by atoms with Crippen LogP contribution in [0.15, 0.2) is 24.5 Å². The van der Waals surface area contributed by atoms with Gasteiger partial charge < -0.3 is 20.1 Å². The number of aliphatic carboxylic acids is 1. The van der Waals surface area contributed by atoms with Crippen LogP contribution in [-0.4, -0.2) is 34.1 Å². The van der Waals surface area contributed by atoms with Crippen molar-refractivity contribution in [3.8, 4) is 0 Å². The molecule has 15 heavy (non-hydrogen) atoms. The van der Waals surface area contributed by atoms with E-state index in [0.29, 0.717) is 6.42 Å². The molecule has 3 N–H and O–H groups in total. The lowest BCUT2D eigenvalue weighted by Gasteiger charge is -1.89. The molecule has 0 heterocycles.